The maximum atomic E-state index is 2.29. The molecule has 2 aromatic rings. The largest absolute Gasteiger partial charge is 0.0654 e. The third-order valence-electron chi connectivity index (χ3n) is 3.09. The van der Waals surface area contributed by atoms with E-state index in [0.717, 1.165) is 8.58 Å². The Labute approximate surface area is 112 Å². The van der Waals surface area contributed by atoms with Crippen LogP contribution in [-0.2, 0) is 6.42 Å². The van der Waals surface area contributed by atoms with Gasteiger partial charge in [-0.1, -0.05) is 82.9 Å². The van der Waals surface area contributed by atoms with Crippen molar-refractivity contribution in [1.29, 1.82) is 0 Å². The minimum absolute atomic E-state index is 0.775. The zero-order chi connectivity index (χ0) is 12.6. The fraction of sp³-hybridized carbons (Fsp3) is 0.294. The quantitative estimate of drug-likeness (QED) is 0.540. The lowest BCUT2D eigenvalue weighted by atomic mass is 10.1. The normalized spacial score (nSPS) is 11.2. The lowest BCUT2D eigenvalue weighted by molar-refractivity contribution is 0.717. The van der Waals surface area contributed by atoms with Gasteiger partial charge < -0.3 is 0 Å². The van der Waals surface area contributed by atoms with Crippen LogP contribution in [0, 0.1) is 0 Å². The molecule has 0 aromatic heterocycles. The summed E-state index contributed by atoms with van der Waals surface area (Å²) in [6.07, 6.45) is 5.18. The molecule has 1 atom stereocenters. The molecule has 0 N–H and O–H groups in total. The predicted molar refractivity (Wildman–Crippen MR) is 83.7 cm³/mol. The average molecular weight is 256 g/mol. The summed E-state index contributed by atoms with van der Waals surface area (Å²) in [5.41, 5.74) is 1.48. The van der Waals surface area contributed by atoms with Crippen LogP contribution in [0.25, 0.3) is 0 Å². The Kier molecular flexibility index (Phi) is 5.42. The number of hydrogen-bond donors (Lipinski definition) is 0. The van der Waals surface area contributed by atoms with E-state index in [1.54, 1.807) is 0 Å². The van der Waals surface area contributed by atoms with E-state index in [1.165, 1.54) is 41.9 Å². The van der Waals surface area contributed by atoms with Crippen molar-refractivity contribution in [2.45, 2.75) is 32.6 Å². The van der Waals surface area contributed by atoms with Crippen molar-refractivity contribution in [2.24, 2.45) is 0 Å². The van der Waals surface area contributed by atoms with E-state index < -0.39 is 0 Å². The van der Waals surface area contributed by atoms with E-state index in [9.17, 15) is 0 Å². The lowest BCUT2D eigenvalue weighted by Gasteiger charge is -2.04. The molecule has 0 heterocycles. The molecule has 0 aliphatic carbocycles. The third-order valence-corrected chi connectivity index (χ3v) is 4.33. The first-order chi connectivity index (χ1) is 8.88. The fourth-order valence-corrected chi connectivity index (χ4v) is 3.05. The zero-order valence-corrected chi connectivity index (χ0v) is 12.0. The van der Waals surface area contributed by atoms with Crippen molar-refractivity contribution in [1.82, 2.24) is 0 Å². The van der Waals surface area contributed by atoms with Crippen LogP contribution in [0.5, 0.6) is 0 Å². The Morgan fingerprint density at radius 2 is 1.44 bits per heavy atom. The van der Waals surface area contributed by atoms with Crippen molar-refractivity contribution in [3.05, 3.63) is 60.2 Å². The van der Waals surface area contributed by atoms with Crippen molar-refractivity contribution < 1.29 is 0 Å². The first-order valence-corrected chi connectivity index (χ1v) is 7.79. The SMILES string of the molecule is CCCCCc1ccc(Pc2ccccc2)cc1. The van der Waals surface area contributed by atoms with Gasteiger partial charge in [0, 0.05) is 0 Å². The topological polar surface area (TPSA) is 0 Å². The molecule has 2 rings (SSSR count). The van der Waals surface area contributed by atoms with Gasteiger partial charge in [-0.15, -0.1) is 0 Å². The number of aryl methyl sites for hydroxylation is 1. The number of unbranched alkanes of at least 4 members (excludes halogenated alkanes) is 2. The minimum Gasteiger partial charge on any atom is -0.0654 e. The van der Waals surface area contributed by atoms with Crippen LogP contribution < -0.4 is 10.6 Å². The molecular formula is C17H21P. The summed E-state index contributed by atoms with van der Waals surface area (Å²) in [4.78, 5) is 0. The van der Waals surface area contributed by atoms with Gasteiger partial charge in [0.1, 0.15) is 0 Å². The highest BCUT2D eigenvalue weighted by Crippen LogP contribution is 2.12. The highest BCUT2D eigenvalue weighted by molar-refractivity contribution is 7.55. The smallest absolute Gasteiger partial charge is 0.0226 e. The average Bonchev–Trinajstić information content (AvgIpc) is 2.42. The van der Waals surface area contributed by atoms with Gasteiger partial charge in [0.05, 0.1) is 0 Å². The van der Waals surface area contributed by atoms with Crippen LogP contribution in [0.4, 0.5) is 0 Å². The molecule has 0 spiro atoms. The molecule has 0 aliphatic heterocycles. The zero-order valence-electron chi connectivity index (χ0n) is 11.0. The van der Waals surface area contributed by atoms with Crippen LogP contribution in [0.15, 0.2) is 54.6 Å². The highest BCUT2D eigenvalue weighted by atomic mass is 31.1. The standard InChI is InChI=1S/C17H21P/c1-2-3-5-8-15-11-13-17(14-12-15)18-16-9-6-4-7-10-16/h4,6-7,9-14,18H,2-3,5,8H2,1H3. The Bertz CT molecular complexity index is 445. The second-order valence-electron chi connectivity index (χ2n) is 4.65. The van der Waals surface area contributed by atoms with Crippen molar-refractivity contribution in [2.75, 3.05) is 0 Å². The summed E-state index contributed by atoms with van der Waals surface area (Å²) in [6, 6.07) is 19.9. The van der Waals surface area contributed by atoms with E-state index in [0.29, 0.717) is 0 Å². The molecule has 0 amide bonds. The van der Waals surface area contributed by atoms with Crippen molar-refractivity contribution in [3.63, 3.8) is 0 Å². The second kappa shape index (κ2) is 7.34. The number of benzene rings is 2. The van der Waals surface area contributed by atoms with Crippen LogP contribution >= 0.6 is 8.58 Å². The van der Waals surface area contributed by atoms with Gasteiger partial charge in [-0.05, 0) is 29.0 Å². The summed E-state index contributed by atoms with van der Waals surface area (Å²) in [5.74, 6) is 0. The van der Waals surface area contributed by atoms with E-state index in [-0.39, 0.29) is 0 Å². The maximum absolute atomic E-state index is 2.29. The summed E-state index contributed by atoms with van der Waals surface area (Å²) >= 11 is 0. The summed E-state index contributed by atoms with van der Waals surface area (Å²) in [7, 11) is 0.775. The monoisotopic (exact) mass is 256 g/mol. The third kappa shape index (κ3) is 4.27. The van der Waals surface area contributed by atoms with Crippen molar-refractivity contribution in [3.8, 4) is 0 Å². The lowest BCUT2D eigenvalue weighted by Crippen LogP contribution is -2.02. The van der Waals surface area contributed by atoms with E-state index in [1.807, 2.05) is 0 Å². The first kappa shape index (κ1) is 13.3. The molecule has 94 valence electrons. The van der Waals surface area contributed by atoms with Crippen LogP contribution in [0.3, 0.4) is 0 Å². The van der Waals surface area contributed by atoms with E-state index in [2.05, 4.69) is 61.5 Å². The van der Waals surface area contributed by atoms with Gasteiger partial charge in [0.25, 0.3) is 0 Å². The van der Waals surface area contributed by atoms with Crippen LogP contribution in [-0.4, -0.2) is 0 Å². The van der Waals surface area contributed by atoms with Crippen molar-refractivity contribution >= 4 is 19.2 Å². The molecule has 0 nitrogen and oxygen atoms in total. The van der Waals surface area contributed by atoms with Gasteiger partial charge in [-0.3, -0.25) is 0 Å². The molecule has 1 unspecified atom stereocenters. The molecule has 2 aromatic carbocycles. The Balaban J connectivity index is 1.91. The summed E-state index contributed by atoms with van der Waals surface area (Å²) in [5, 5.41) is 2.84. The number of rotatable bonds is 6. The molecular weight excluding hydrogens is 235 g/mol. The number of hydrogen-bond acceptors (Lipinski definition) is 0. The Morgan fingerprint density at radius 1 is 0.778 bits per heavy atom. The molecule has 0 radical (unpaired) electrons. The van der Waals surface area contributed by atoms with Crippen LogP contribution in [0.2, 0.25) is 0 Å². The summed E-state index contributed by atoms with van der Waals surface area (Å²) < 4.78 is 0. The van der Waals surface area contributed by atoms with Gasteiger partial charge in [-0.2, -0.15) is 0 Å². The highest BCUT2D eigenvalue weighted by Gasteiger charge is 1.97. The molecule has 0 bridgehead atoms. The predicted octanol–water partition coefficient (Wildman–Crippen LogP) is 4.05. The van der Waals surface area contributed by atoms with Gasteiger partial charge in [-0.25, -0.2) is 0 Å². The molecule has 0 aliphatic rings. The van der Waals surface area contributed by atoms with Gasteiger partial charge in [0.15, 0.2) is 0 Å². The fourth-order valence-electron chi connectivity index (χ4n) is 2.02. The molecule has 0 fully saturated rings. The van der Waals surface area contributed by atoms with Gasteiger partial charge >= 0.3 is 0 Å². The molecule has 18 heavy (non-hydrogen) atoms. The molecule has 0 saturated heterocycles. The van der Waals surface area contributed by atoms with Gasteiger partial charge in [0.2, 0.25) is 0 Å². The maximum Gasteiger partial charge on any atom is -0.0226 e. The molecule has 1 heteroatoms. The second-order valence-corrected chi connectivity index (χ2v) is 6.05. The Hall–Kier alpha value is -1.13. The Morgan fingerprint density at radius 3 is 2.11 bits per heavy atom. The van der Waals surface area contributed by atoms with E-state index in [4.69, 9.17) is 0 Å². The van der Waals surface area contributed by atoms with E-state index >= 15 is 0 Å². The first-order valence-electron chi connectivity index (χ1n) is 6.79. The minimum atomic E-state index is 0.775. The molecule has 0 saturated carbocycles. The summed E-state index contributed by atoms with van der Waals surface area (Å²) in [6.45, 7) is 2.25. The van der Waals surface area contributed by atoms with Crippen LogP contribution in [0.1, 0.15) is 31.7 Å².